The Morgan fingerprint density at radius 1 is 1.53 bits per heavy atom. The number of likely N-dealkylation sites (N-methyl/N-ethyl adjacent to an activating group) is 1. The Bertz CT molecular complexity index is 247. The number of hydrogen-bond donors (Lipinski definition) is 1. The second-order valence-electron chi connectivity index (χ2n) is 4.41. The molecule has 0 aliphatic carbocycles. The Morgan fingerprint density at radius 2 is 2.33 bits per heavy atom. The van der Waals surface area contributed by atoms with Crippen LogP contribution in [0.2, 0.25) is 0 Å². The van der Waals surface area contributed by atoms with E-state index in [1.54, 1.807) is 4.90 Å². The van der Waals surface area contributed by atoms with Crippen LogP contribution in [0.1, 0.15) is 6.42 Å². The molecule has 2 saturated heterocycles. The fourth-order valence-electron chi connectivity index (χ4n) is 2.15. The molecule has 0 radical (unpaired) electrons. The fourth-order valence-corrected chi connectivity index (χ4v) is 2.15. The number of likely N-dealkylation sites (tertiary alicyclic amines) is 1. The standard InChI is InChI=1S/C10H18N2O3/c1-11-2-3-15-9(6-11)7-12-5-8(13)4-10(12)14/h8-9,13H,2-7H2,1H3. The SMILES string of the molecule is CN1CCOC(CN2CC(O)CC2=O)C1. The number of nitrogens with zero attached hydrogens (tertiary/aromatic N) is 2. The molecule has 2 fully saturated rings. The average Bonchev–Trinajstić information content (AvgIpc) is 2.45. The zero-order valence-electron chi connectivity index (χ0n) is 9.06. The van der Waals surface area contributed by atoms with E-state index in [0.717, 1.165) is 19.7 Å². The van der Waals surface area contributed by atoms with Gasteiger partial charge in [-0.25, -0.2) is 0 Å². The van der Waals surface area contributed by atoms with E-state index in [4.69, 9.17) is 4.74 Å². The maximum atomic E-state index is 11.4. The number of aliphatic hydroxyl groups excluding tert-OH is 1. The monoisotopic (exact) mass is 214 g/mol. The Morgan fingerprint density at radius 3 is 2.93 bits per heavy atom. The first-order chi connectivity index (χ1) is 7.15. The third kappa shape index (κ3) is 2.68. The summed E-state index contributed by atoms with van der Waals surface area (Å²) in [6, 6.07) is 0. The predicted molar refractivity (Wildman–Crippen MR) is 54.4 cm³/mol. The third-order valence-electron chi connectivity index (χ3n) is 2.96. The Balaban J connectivity index is 1.83. The number of carbonyl (C=O) groups is 1. The highest BCUT2D eigenvalue weighted by Gasteiger charge is 2.30. The molecule has 0 aromatic heterocycles. The van der Waals surface area contributed by atoms with Gasteiger partial charge >= 0.3 is 0 Å². The number of aliphatic hydroxyl groups is 1. The lowest BCUT2D eigenvalue weighted by molar-refractivity contribution is -0.130. The minimum Gasteiger partial charge on any atom is -0.391 e. The van der Waals surface area contributed by atoms with Gasteiger partial charge in [-0.05, 0) is 7.05 Å². The molecule has 2 rings (SSSR count). The van der Waals surface area contributed by atoms with E-state index in [-0.39, 0.29) is 18.4 Å². The Kier molecular flexibility index (Phi) is 3.23. The molecule has 5 nitrogen and oxygen atoms in total. The van der Waals surface area contributed by atoms with Gasteiger partial charge in [0.2, 0.25) is 5.91 Å². The van der Waals surface area contributed by atoms with E-state index < -0.39 is 6.10 Å². The summed E-state index contributed by atoms with van der Waals surface area (Å²) in [5, 5.41) is 9.34. The summed E-state index contributed by atoms with van der Waals surface area (Å²) in [6.07, 6.45) is -0.125. The number of amides is 1. The predicted octanol–water partition coefficient (Wildman–Crippen LogP) is -1.09. The molecule has 0 aromatic rings. The summed E-state index contributed by atoms with van der Waals surface area (Å²) in [7, 11) is 2.05. The van der Waals surface area contributed by atoms with Crippen LogP contribution in [0.3, 0.4) is 0 Å². The number of morpholine rings is 1. The maximum Gasteiger partial charge on any atom is 0.225 e. The molecule has 5 heteroatoms. The Hall–Kier alpha value is -0.650. The van der Waals surface area contributed by atoms with Crippen molar-refractivity contribution in [3.63, 3.8) is 0 Å². The van der Waals surface area contributed by atoms with Crippen molar-refractivity contribution in [1.29, 1.82) is 0 Å². The van der Waals surface area contributed by atoms with Crippen LogP contribution < -0.4 is 0 Å². The molecule has 2 aliphatic heterocycles. The summed E-state index contributed by atoms with van der Waals surface area (Å²) in [5.74, 6) is 0.0410. The highest BCUT2D eigenvalue weighted by atomic mass is 16.5. The normalized spacial score (nSPS) is 33.7. The number of rotatable bonds is 2. The van der Waals surface area contributed by atoms with Crippen LogP contribution in [0.15, 0.2) is 0 Å². The second kappa shape index (κ2) is 4.47. The molecule has 0 aromatic carbocycles. The van der Waals surface area contributed by atoms with Crippen molar-refractivity contribution in [3.05, 3.63) is 0 Å². The van der Waals surface area contributed by atoms with Crippen molar-refractivity contribution >= 4 is 5.91 Å². The number of hydrogen-bond acceptors (Lipinski definition) is 4. The van der Waals surface area contributed by atoms with Crippen molar-refractivity contribution in [2.24, 2.45) is 0 Å². The van der Waals surface area contributed by atoms with Crippen molar-refractivity contribution in [2.45, 2.75) is 18.6 Å². The largest absolute Gasteiger partial charge is 0.391 e. The minimum absolute atomic E-state index is 0.0410. The van der Waals surface area contributed by atoms with E-state index in [2.05, 4.69) is 11.9 Å². The number of β-amino-alcohol motifs (C(OH)–C–C–N with tert-alkyl or cyclic N) is 1. The van der Waals surface area contributed by atoms with Crippen LogP contribution in [-0.2, 0) is 9.53 Å². The number of ether oxygens (including phenoxy) is 1. The molecule has 1 N–H and O–H groups in total. The van der Waals surface area contributed by atoms with Gasteiger partial charge in [0.05, 0.1) is 25.2 Å². The quantitative estimate of drug-likeness (QED) is 0.634. The van der Waals surface area contributed by atoms with Gasteiger partial charge < -0.3 is 19.6 Å². The fraction of sp³-hybridized carbons (Fsp3) is 0.900. The van der Waals surface area contributed by atoms with E-state index in [1.165, 1.54) is 0 Å². The number of carbonyl (C=O) groups excluding carboxylic acids is 1. The minimum atomic E-state index is -0.487. The molecule has 0 spiro atoms. The van der Waals surface area contributed by atoms with E-state index >= 15 is 0 Å². The van der Waals surface area contributed by atoms with Crippen LogP contribution >= 0.6 is 0 Å². The van der Waals surface area contributed by atoms with E-state index in [9.17, 15) is 9.90 Å². The first kappa shape index (κ1) is 10.9. The van der Waals surface area contributed by atoms with Gasteiger partial charge in [-0.3, -0.25) is 4.79 Å². The molecular weight excluding hydrogens is 196 g/mol. The summed E-state index contributed by atoms with van der Waals surface area (Å²) < 4.78 is 5.58. The molecule has 86 valence electrons. The summed E-state index contributed by atoms with van der Waals surface area (Å²) in [6.45, 7) is 3.61. The average molecular weight is 214 g/mol. The summed E-state index contributed by atoms with van der Waals surface area (Å²) in [5.41, 5.74) is 0. The zero-order chi connectivity index (χ0) is 10.8. The Labute approximate surface area is 89.6 Å². The van der Waals surface area contributed by atoms with Crippen LogP contribution in [0.25, 0.3) is 0 Å². The first-order valence-corrected chi connectivity index (χ1v) is 5.41. The van der Waals surface area contributed by atoms with Gasteiger partial charge in [-0.1, -0.05) is 0 Å². The molecule has 1 amide bonds. The maximum absolute atomic E-state index is 11.4. The molecule has 0 bridgehead atoms. The lowest BCUT2D eigenvalue weighted by atomic mass is 10.2. The molecule has 0 saturated carbocycles. The van der Waals surface area contributed by atoms with Crippen LogP contribution in [0.5, 0.6) is 0 Å². The van der Waals surface area contributed by atoms with Gasteiger partial charge in [0.25, 0.3) is 0 Å². The lowest BCUT2D eigenvalue weighted by Crippen LogP contribution is -2.46. The van der Waals surface area contributed by atoms with Gasteiger partial charge in [0.1, 0.15) is 0 Å². The van der Waals surface area contributed by atoms with E-state index in [0.29, 0.717) is 13.1 Å². The lowest BCUT2D eigenvalue weighted by Gasteiger charge is -2.32. The molecule has 2 aliphatic rings. The highest BCUT2D eigenvalue weighted by Crippen LogP contribution is 2.13. The molecule has 2 heterocycles. The van der Waals surface area contributed by atoms with Gasteiger partial charge in [-0.15, -0.1) is 0 Å². The van der Waals surface area contributed by atoms with E-state index in [1.807, 2.05) is 0 Å². The molecular formula is C10H18N2O3. The van der Waals surface area contributed by atoms with Crippen molar-refractivity contribution in [1.82, 2.24) is 9.80 Å². The highest BCUT2D eigenvalue weighted by molar-refractivity contribution is 5.79. The van der Waals surface area contributed by atoms with Crippen molar-refractivity contribution in [2.75, 3.05) is 39.8 Å². The first-order valence-electron chi connectivity index (χ1n) is 5.41. The molecule has 2 unspecified atom stereocenters. The van der Waals surface area contributed by atoms with Crippen LogP contribution in [0, 0.1) is 0 Å². The molecule has 2 atom stereocenters. The second-order valence-corrected chi connectivity index (χ2v) is 4.41. The van der Waals surface area contributed by atoms with Gasteiger partial charge in [0, 0.05) is 26.2 Å². The summed E-state index contributed by atoms with van der Waals surface area (Å²) in [4.78, 5) is 15.3. The van der Waals surface area contributed by atoms with Crippen molar-refractivity contribution < 1.29 is 14.6 Å². The zero-order valence-corrected chi connectivity index (χ0v) is 9.06. The van der Waals surface area contributed by atoms with Crippen molar-refractivity contribution in [3.8, 4) is 0 Å². The smallest absolute Gasteiger partial charge is 0.225 e. The van der Waals surface area contributed by atoms with Crippen LogP contribution in [-0.4, -0.2) is 72.9 Å². The summed E-state index contributed by atoms with van der Waals surface area (Å²) >= 11 is 0. The van der Waals surface area contributed by atoms with Crippen LogP contribution in [0.4, 0.5) is 0 Å². The van der Waals surface area contributed by atoms with Gasteiger partial charge in [-0.2, -0.15) is 0 Å². The topological polar surface area (TPSA) is 53.0 Å². The van der Waals surface area contributed by atoms with Gasteiger partial charge in [0.15, 0.2) is 0 Å². The third-order valence-corrected chi connectivity index (χ3v) is 2.96. The molecule has 15 heavy (non-hydrogen) atoms.